The van der Waals surface area contributed by atoms with Gasteiger partial charge in [0.05, 0.1) is 22.3 Å². The zero-order valence-electron chi connectivity index (χ0n) is 18.2. The third-order valence-corrected chi connectivity index (χ3v) is 6.63. The highest BCUT2D eigenvalue weighted by Gasteiger charge is 2.30. The van der Waals surface area contributed by atoms with Crippen molar-refractivity contribution in [1.29, 1.82) is 0 Å². The number of carbonyl (C=O) groups is 1. The number of piperazine rings is 1. The summed E-state index contributed by atoms with van der Waals surface area (Å²) in [5, 5.41) is 9.09. The van der Waals surface area contributed by atoms with Crippen LogP contribution in [0, 0.1) is 0 Å². The number of hydrogen-bond donors (Lipinski definition) is 3. The standard InChI is InChI=1S/C23H25Cl2N7O/c1-30-9-11-31(12-10-30)17-7-5-16(6-8-17)27-23-26-13-15-14-32(29-22(33)20(15)28-23)21-18(24)3-2-4-19(21)25/h2-8,13,23,27-28H,9-12,14H2,1H3,(H,29,33). The molecule has 2 aromatic rings. The molecule has 33 heavy (non-hydrogen) atoms. The van der Waals surface area contributed by atoms with Gasteiger partial charge in [-0.2, -0.15) is 0 Å². The largest absolute Gasteiger partial charge is 0.369 e. The van der Waals surface area contributed by atoms with Gasteiger partial charge < -0.3 is 20.4 Å². The number of halogens is 2. The maximum atomic E-state index is 12.8. The lowest BCUT2D eigenvalue weighted by atomic mass is 10.1. The first-order valence-electron chi connectivity index (χ1n) is 10.8. The zero-order chi connectivity index (χ0) is 22.9. The van der Waals surface area contributed by atoms with Crippen molar-refractivity contribution in [3.05, 3.63) is 63.8 Å². The molecule has 0 saturated carbocycles. The molecule has 0 bridgehead atoms. The molecule has 1 fully saturated rings. The number of para-hydroxylation sites is 1. The van der Waals surface area contributed by atoms with E-state index in [9.17, 15) is 4.79 Å². The Hall–Kier alpha value is -2.94. The highest BCUT2D eigenvalue weighted by Crippen LogP contribution is 2.34. The van der Waals surface area contributed by atoms with Crippen molar-refractivity contribution in [1.82, 2.24) is 15.6 Å². The highest BCUT2D eigenvalue weighted by atomic mass is 35.5. The SMILES string of the molecule is CN1CCN(c2ccc(NC3N=CC4=C(N3)C(=O)NN(c3c(Cl)cccc3Cl)C4)cc2)CC1. The van der Waals surface area contributed by atoms with Crippen LogP contribution >= 0.6 is 23.2 Å². The van der Waals surface area contributed by atoms with Crippen molar-refractivity contribution in [2.24, 2.45) is 4.99 Å². The van der Waals surface area contributed by atoms with Gasteiger partial charge in [0.15, 0.2) is 6.29 Å². The quantitative estimate of drug-likeness (QED) is 0.618. The molecule has 1 saturated heterocycles. The third-order valence-electron chi connectivity index (χ3n) is 6.02. The summed E-state index contributed by atoms with van der Waals surface area (Å²) in [6.07, 6.45) is 1.28. The number of amides is 1. The molecule has 3 heterocycles. The highest BCUT2D eigenvalue weighted by molar-refractivity contribution is 6.39. The number of hydrazine groups is 1. The number of hydrogen-bond acceptors (Lipinski definition) is 7. The van der Waals surface area contributed by atoms with Gasteiger partial charge >= 0.3 is 0 Å². The van der Waals surface area contributed by atoms with E-state index in [2.05, 4.69) is 50.0 Å². The van der Waals surface area contributed by atoms with E-state index >= 15 is 0 Å². The number of carbonyl (C=O) groups excluding carboxylic acids is 1. The minimum absolute atomic E-state index is 0.268. The molecule has 10 heteroatoms. The maximum absolute atomic E-state index is 12.8. The molecule has 0 aliphatic carbocycles. The van der Waals surface area contributed by atoms with Gasteiger partial charge in [0.2, 0.25) is 0 Å². The fourth-order valence-electron chi connectivity index (χ4n) is 4.16. The van der Waals surface area contributed by atoms with E-state index in [0.717, 1.165) is 37.4 Å². The van der Waals surface area contributed by atoms with Crippen molar-refractivity contribution < 1.29 is 4.79 Å². The zero-order valence-corrected chi connectivity index (χ0v) is 19.7. The fourth-order valence-corrected chi connectivity index (χ4v) is 4.76. The lowest BCUT2D eigenvalue weighted by Crippen LogP contribution is -2.54. The van der Waals surface area contributed by atoms with E-state index in [4.69, 9.17) is 23.2 Å². The van der Waals surface area contributed by atoms with E-state index in [0.29, 0.717) is 28.0 Å². The average molecular weight is 486 g/mol. The van der Waals surface area contributed by atoms with Crippen molar-refractivity contribution in [2.45, 2.75) is 6.29 Å². The summed E-state index contributed by atoms with van der Waals surface area (Å²) < 4.78 is 0. The average Bonchev–Trinajstić information content (AvgIpc) is 2.81. The van der Waals surface area contributed by atoms with Gasteiger partial charge in [-0.3, -0.25) is 15.2 Å². The van der Waals surface area contributed by atoms with Crippen LogP contribution < -0.4 is 26.0 Å². The molecule has 0 radical (unpaired) electrons. The van der Waals surface area contributed by atoms with Crippen LogP contribution in [-0.2, 0) is 4.79 Å². The molecule has 0 aromatic heterocycles. The van der Waals surface area contributed by atoms with Crippen molar-refractivity contribution >= 4 is 52.4 Å². The van der Waals surface area contributed by atoms with Gasteiger partial charge in [-0.1, -0.05) is 29.3 Å². The number of nitrogens with zero attached hydrogens (tertiary/aromatic N) is 4. The van der Waals surface area contributed by atoms with E-state index in [1.165, 1.54) is 5.69 Å². The number of benzene rings is 2. The summed E-state index contributed by atoms with van der Waals surface area (Å²) in [6.45, 7) is 4.59. The Labute approximate surface area is 202 Å². The molecular weight excluding hydrogens is 461 g/mol. The number of likely N-dealkylation sites (N-methyl/N-ethyl adjacent to an activating group) is 1. The minimum Gasteiger partial charge on any atom is -0.369 e. The Kier molecular flexibility index (Phi) is 6.05. The summed E-state index contributed by atoms with van der Waals surface area (Å²) in [4.78, 5) is 22.1. The second-order valence-corrected chi connectivity index (χ2v) is 9.12. The number of aliphatic imine (C=N–C) groups is 1. The Morgan fingerprint density at radius 3 is 2.42 bits per heavy atom. The monoisotopic (exact) mass is 485 g/mol. The van der Waals surface area contributed by atoms with Gasteiger partial charge in [-0.05, 0) is 43.4 Å². The first-order valence-corrected chi connectivity index (χ1v) is 11.6. The normalized spacial score (nSPS) is 20.9. The molecule has 3 N–H and O–H groups in total. The molecule has 172 valence electrons. The molecular formula is C23H25Cl2N7O. The molecule has 1 amide bonds. The van der Waals surface area contributed by atoms with Gasteiger partial charge in [-0.25, -0.2) is 4.99 Å². The van der Waals surface area contributed by atoms with Gasteiger partial charge in [0.1, 0.15) is 5.70 Å². The summed E-state index contributed by atoms with van der Waals surface area (Å²) in [6, 6.07) is 13.5. The summed E-state index contributed by atoms with van der Waals surface area (Å²) in [5.41, 5.74) is 6.80. The van der Waals surface area contributed by atoms with Crippen LogP contribution in [0.5, 0.6) is 0 Å². The molecule has 1 unspecified atom stereocenters. The van der Waals surface area contributed by atoms with Gasteiger partial charge in [0.25, 0.3) is 5.91 Å². The summed E-state index contributed by atoms with van der Waals surface area (Å²) in [7, 11) is 2.15. The molecule has 3 aliphatic heterocycles. The van der Waals surface area contributed by atoms with E-state index in [-0.39, 0.29) is 5.91 Å². The van der Waals surface area contributed by atoms with Crippen LogP contribution in [-0.4, -0.2) is 63.1 Å². The molecule has 2 aromatic carbocycles. The molecule has 3 aliphatic rings. The molecule has 0 spiro atoms. The maximum Gasteiger partial charge on any atom is 0.286 e. The summed E-state index contributed by atoms with van der Waals surface area (Å²) >= 11 is 12.6. The lowest BCUT2D eigenvalue weighted by molar-refractivity contribution is -0.118. The van der Waals surface area contributed by atoms with Gasteiger partial charge in [-0.15, -0.1) is 0 Å². The molecule has 8 nitrogen and oxygen atoms in total. The van der Waals surface area contributed by atoms with Crippen LogP contribution in [0.4, 0.5) is 17.1 Å². The predicted molar refractivity (Wildman–Crippen MR) is 134 cm³/mol. The van der Waals surface area contributed by atoms with Crippen LogP contribution in [0.15, 0.2) is 58.7 Å². The van der Waals surface area contributed by atoms with Crippen LogP contribution in [0.1, 0.15) is 0 Å². The second kappa shape index (κ2) is 9.13. The van der Waals surface area contributed by atoms with Crippen molar-refractivity contribution in [3.63, 3.8) is 0 Å². The lowest BCUT2D eigenvalue weighted by Gasteiger charge is -2.35. The van der Waals surface area contributed by atoms with Crippen molar-refractivity contribution in [2.75, 3.05) is 55.0 Å². The van der Waals surface area contributed by atoms with Crippen molar-refractivity contribution in [3.8, 4) is 0 Å². The van der Waals surface area contributed by atoms with E-state index in [1.54, 1.807) is 29.4 Å². The van der Waals surface area contributed by atoms with Gasteiger partial charge in [0, 0.05) is 49.3 Å². The fraction of sp³-hybridized carbons (Fsp3) is 0.304. The van der Waals surface area contributed by atoms with Crippen LogP contribution in [0.3, 0.4) is 0 Å². The first kappa shape index (κ1) is 21.9. The topological polar surface area (TPSA) is 75.2 Å². The van der Waals surface area contributed by atoms with E-state index in [1.807, 2.05) is 12.1 Å². The number of rotatable bonds is 4. The number of anilines is 3. The summed E-state index contributed by atoms with van der Waals surface area (Å²) in [5.74, 6) is -0.268. The third kappa shape index (κ3) is 4.59. The second-order valence-electron chi connectivity index (χ2n) is 8.30. The van der Waals surface area contributed by atoms with Crippen LogP contribution in [0.2, 0.25) is 10.0 Å². The smallest absolute Gasteiger partial charge is 0.286 e. The minimum atomic E-state index is -0.445. The van der Waals surface area contributed by atoms with Crippen LogP contribution in [0.25, 0.3) is 0 Å². The number of nitrogens with one attached hydrogen (secondary N) is 3. The molecule has 1 atom stereocenters. The predicted octanol–water partition coefficient (Wildman–Crippen LogP) is 2.92. The Bertz CT molecular complexity index is 1090. The Morgan fingerprint density at radius 1 is 1.03 bits per heavy atom. The Balaban J connectivity index is 1.24. The first-order chi connectivity index (χ1) is 16.0. The molecule has 5 rings (SSSR count). The van der Waals surface area contributed by atoms with E-state index < -0.39 is 6.29 Å². The Morgan fingerprint density at radius 2 is 1.73 bits per heavy atom.